The van der Waals surface area contributed by atoms with E-state index < -0.39 is 5.69 Å². The highest BCUT2D eigenvalue weighted by molar-refractivity contribution is 5.72. The molecule has 28 heavy (non-hydrogen) atoms. The van der Waals surface area contributed by atoms with Crippen molar-refractivity contribution in [2.45, 2.75) is 47.7 Å². The van der Waals surface area contributed by atoms with Crippen LogP contribution in [0.5, 0.6) is 0 Å². The SMILES string of the molecule is COCCn1c(=O)c2c(nc(-n3nc(C)c(C)c3C)n2CC(C)C)n(C)c1=O. The van der Waals surface area contributed by atoms with Crippen LogP contribution in [0.25, 0.3) is 17.1 Å². The van der Waals surface area contributed by atoms with Crippen molar-refractivity contribution in [2.24, 2.45) is 13.0 Å². The summed E-state index contributed by atoms with van der Waals surface area (Å²) in [6, 6.07) is 0. The van der Waals surface area contributed by atoms with E-state index in [0.717, 1.165) is 17.0 Å². The zero-order chi connectivity index (χ0) is 20.7. The lowest BCUT2D eigenvalue weighted by atomic mass is 10.2. The molecule has 3 aromatic heterocycles. The summed E-state index contributed by atoms with van der Waals surface area (Å²) in [5, 5.41) is 4.61. The third-order valence-electron chi connectivity index (χ3n) is 5.12. The molecule has 0 saturated heterocycles. The normalized spacial score (nSPS) is 11.9. The van der Waals surface area contributed by atoms with Crippen molar-refractivity contribution in [1.29, 1.82) is 0 Å². The van der Waals surface area contributed by atoms with Gasteiger partial charge in [0.1, 0.15) is 0 Å². The van der Waals surface area contributed by atoms with Gasteiger partial charge in [-0.15, -0.1) is 0 Å². The fourth-order valence-corrected chi connectivity index (χ4v) is 3.35. The molecule has 0 aliphatic carbocycles. The number of hydrogen-bond donors (Lipinski definition) is 0. The number of aryl methyl sites for hydroxylation is 2. The number of imidazole rings is 1. The zero-order valence-electron chi connectivity index (χ0n) is 17.6. The molecule has 0 spiro atoms. The molecule has 3 aromatic rings. The summed E-state index contributed by atoms with van der Waals surface area (Å²) in [7, 11) is 3.18. The lowest BCUT2D eigenvalue weighted by Gasteiger charge is -2.13. The second-order valence-electron chi connectivity index (χ2n) is 7.59. The van der Waals surface area contributed by atoms with Crippen LogP contribution in [0.4, 0.5) is 0 Å². The summed E-state index contributed by atoms with van der Waals surface area (Å²) in [5.41, 5.74) is 2.97. The average Bonchev–Trinajstić information content (AvgIpc) is 3.12. The summed E-state index contributed by atoms with van der Waals surface area (Å²) in [6.07, 6.45) is 0. The zero-order valence-corrected chi connectivity index (χ0v) is 17.6. The van der Waals surface area contributed by atoms with E-state index >= 15 is 0 Å². The molecule has 0 saturated carbocycles. The van der Waals surface area contributed by atoms with Gasteiger partial charge in [0.05, 0.1) is 18.8 Å². The van der Waals surface area contributed by atoms with Gasteiger partial charge in [-0.25, -0.2) is 9.48 Å². The van der Waals surface area contributed by atoms with E-state index in [1.165, 1.54) is 9.13 Å². The van der Waals surface area contributed by atoms with Crippen LogP contribution in [0, 0.1) is 26.7 Å². The van der Waals surface area contributed by atoms with Gasteiger partial charge >= 0.3 is 5.69 Å². The van der Waals surface area contributed by atoms with Gasteiger partial charge in [0.2, 0.25) is 5.95 Å². The highest BCUT2D eigenvalue weighted by Crippen LogP contribution is 2.21. The van der Waals surface area contributed by atoms with Crippen molar-refractivity contribution < 1.29 is 4.74 Å². The number of ether oxygens (including phenoxy) is 1. The average molecular weight is 388 g/mol. The number of methoxy groups -OCH3 is 1. The number of nitrogens with zero attached hydrogens (tertiary/aromatic N) is 6. The van der Waals surface area contributed by atoms with Crippen molar-refractivity contribution >= 4 is 11.2 Å². The van der Waals surface area contributed by atoms with Gasteiger partial charge < -0.3 is 9.30 Å². The maximum atomic E-state index is 13.2. The van der Waals surface area contributed by atoms with Crippen molar-refractivity contribution in [1.82, 2.24) is 28.5 Å². The molecular weight excluding hydrogens is 360 g/mol. The van der Waals surface area contributed by atoms with E-state index in [4.69, 9.17) is 4.74 Å². The largest absolute Gasteiger partial charge is 0.383 e. The van der Waals surface area contributed by atoms with Crippen molar-refractivity contribution in [2.75, 3.05) is 13.7 Å². The fraction of sp³-hybridized carbons (Fsp3) is 0.579. The topological polar surface area (TPSA) is 88.9 Å². The summed E-state index contributed by atoms with van der Waals surface area (Å²) in [6.45, 7) is 11.1. The molecule has 0 aliphatic rings. The van der Waals surface area contributed by atoms with E-state index in [0.29, 0.717) is 23.7 Å². The van der Waals surface area contributed by atoms with E-state index in [9.17, 15) is 9.59 Å². The highest BCUT2D eigenvalue weighted by Gasteiger charge is 2.23. The molecule has 0 bridgehead atoms. The molecule has 0 radical (unpaired) electrons. The molecule has 3 rings (SSSR count). The van der Waals surface area contributed by atoms with Crippen LogP contribution >= 0.6 is 0 Å². The molecule has 3 heterocycles. The van der Waals surface area contributed by atoms with Gasteiger partial charge in [-0.1, -0.05) is 13.8 Å². The quantitative estimate of drug-likeness (QED) is 0.635. The van der Waals surface area contributed by atoms with Crippen molar-refractivity contribution in [3.05, 3.63) is 37.8 Å². The first-order valence-corrected chi connectivity index (χ1v) is 9.41. The molecule has 152 valence electrons. The summed E-state index contributed by atoms with van der Waals surface area (Å²) < 4.78 is 11.3. The minimum Gasteiger partial charge on any atom is -0.383 e. The highest BCUT2D eigenvalue weighted by atomic mass is 16.5. The Labute approximate surface area is 163 Å². The number of aromatic nitrogens is 6. The Bertz CT molecular complexity index is 1150. The third-order valence-corrected chi connectivity index (χ3v) is 5.12. The first-order chi connectivity index (χ1) is 13.2. The Hall–Kier alpha value is -2.68. The number of rotatable bonds is 6. The second kappa shape index (κ2) is 7.38. The number of hydrogen-bond acceptors (Lipinski definition) is 5. The monoisotopic (exact) mass is 388 g/mol. The molecule has 0 amide bonds. The smallest absolute Gasteiger partial charge is 0.332 e. The first kappa shape index (κ1) is 20.1. The van der Waals surface area contributed by atoms with Gasteiger partial charge in [0.15, 0.2) is 11.2 Å². The molecule has 0 unspecified atom stereocenters. The summed E-state index contributed by atoms with van der Waals surface area (Å²) in [4.78, 5) is 30.6. The summed E-state index contributed by atoms with van der Waals surface area (Å²) in [5.74, 6) is 0.826. The van der Waals surface area contributed by atoms with Crippen molar-refractivity contribution in [3.8, 4) is 5.95 Å². The maximum Gasteiger partial charge on any atom is 0.332 e. The molecular formula is C19H28N6O3. The van der Waals surface area contributed by atoms with E-state index in [1.54, 1.807) is 18.8 Å². The minimum atomic E-state index is -0.403. The predicted molar refractivity (Wildman–Crippen MR) is 107 cm³/mol. The molecule has 9 heteroatoms. The van der Waals surface area contributed by atoms with Crippen molar-refractivity contribution in [3.63, 3.8) is 0 Å². The molecule has 0 aromatic carbocycles. The molecule has 0 atom stereocenters. The predicted octanol–water partition coefficient (Wildman–Crippen LogP) is 1.31. The van der Waals surface area contributed by atoms with Gasteiger partial charge in [0, 0.05) is 26.4 Å². The summed E-state index contributed by atoms with van der Waals surface area (Å²) >= 11 is 0. The minimum absolute atomic E-state index is 0.194. The van der Waals surface area contributed by atoms with Crippen LogP contribution < -0.4 is 11.2 Å². The fourth-order valence-electron chi connectivity index (χ4n) is 3.35. The lowest BCUT2D eigenvalue weighted by Crippen LogP contribution is -2.40. The van der Waals surface area contributed by atoms with Gasteiger partial charge in [0.25, 0.3) is 5.56 Å². The van der Waals surface area contributed by atoms with Gasteiger partial charge in [-0.2, -0.15) is 10.1 Å². The molecule has 9 nitrogen and oxygen atoms in total. The maximum absolute atomic E-state index is 13.2. The lowest BCUT2D eigenvalue weighted by molar-refractivity contribution is 0.184. The number of fused-ring (bicyclic) bond motifs is 1. The first-order valence-electron chi connectivity index (χ1n) is 9.41. The third kappa shape index (κ3) is 3.09. The Balaban J connectivity index is 2.42. The van der Waals surface area contributed by atoms with E-state index in [2.05, 4.69) is 23.9 Å². The Morgan fingerprint density at radius 2 is 1.79 bits per heavy atom. The Morgan fingerprint density at radius 1 is 1.11 bits per heavy atom. The van der Waals surface area contributed by atoms with Crippen LogP contribution in [0.1, 0.15) is 30.8 Å². The van der Waals surface area contributed by atoms with Gasteiger partial charge in [-0.05, 0) is 32.3 Å². The molecule has 0 fully saturated rings. The molecule has 0 aliphatic heterocycles. The van der Waals surface area contributed by atoms with E-state index in [-0.39, 0.29) is 24.6 Å². The second-order valence-corrected chi connectivity index (χ2v) is 7.59. The van der Waals surface area contributed by atoms with Crippen LogP contribution in [-0.4, -0.2) is 42.2 Å². The van der Waals surface area contributed by atoms with Crippen LogP contribution in [0.3, 0.4) is 0 Å². The van der Waals surface area contributed by atoms with Crippen LogP contribution in [0.15, 0.2) is 9.59 Å². The van der Waals surface area contributed by atoms with E-state index in [1.807, 2.05) is 25.3 Å². The Morgan fingerprint density at radius 3 is 2.32 bits per heavy atom. The molecule has 0 N–H and O–H groups in total. The van der Waals surface area contributed by atoms with Crippen LogP contribution in [0.2, 0.25) is 0 Å². The van der Waals surface area contributed by atoms with Gasteiger partial charge in [-0.3, -0.25) is 13.9 Å². The standard InChI is InChI=1S/C19H28N6O3/c1-11(2)10-24-15-16(20-18(24)25-14(5)12(3)13(4)21-25)22(6)19(27)23(17(15)26)8-9-28-7/h11H,8-10H2,1-7H3. The Kier molecular flexibility index (Phi) is 5.29. The van der Waals surface area contributed by atoms with Crippen LogP contribution in [-0.2, 0) is 24.9 Å².